The van der Waals surface area contributed by atoms with Crippen molar-refractivity contribution in [2.24, 2.45) is 4.99 Å². The van der Waals surface area contributed by atoms with Crippen molar-refractivity contribution in [3.63, 3.8) is 0 Å². The van der Waals surface area contributed by atoms with E-state index in [1.807, 2.05) is 33.3 Å². The predicted octanol–water partition coefficient (Wildman–Crippen LogP) is 6.82. The normalized spacial score (nSPS) is 14.0. The van der Waals surface area contributed by atoms with E-state index in [0.29, 0.717) is 0 Å². The first-order valence-corrected chi connectivity index (χ1v) is 10.2. The lowest BCUT2D eigenvalue weighted by Crippen LogP contribution is -2.33. The van der Waals surface area contributed by atoms with Crippen LogP contribution in [-0.2, 0) is 6.42 Å². The molecule has 2 heterocycles. The number of aromatic nitrogens is 1. The Bertz CT molecular complexity index is 891. The fourth-order valence-electron chi connectivity index (χ4n) is 3.66. The molecule has 0 atom stereocenters. The molecule has 148 valence electrons. The second-order valence-corrected chi connectivity index (χ2v) is 6.66. The van der Waals surface area contributed by atoms with Gasteiger partial charge in [0.2, 0.25) is 0 Å². The molecule has 0 spiro atoms. The Balaban J connectivity index is 0.00000136. The van der Waals surface area contributed by atoms with E-state index in [4.69, 9.17) is 0 Å². The summed E-state index contributed by atoms with van der Waals surface area (Å²) in [6.45, 7) is 14.6. The Morgan fingerprint density at radius 1 is 1.25 bits per heavy atom. The van der Waals surface area contributed by atoms with Crippen LogP contribution in [0, 0.1) is 6.92 Å². The number of aliphatic imine (C=N–C) groups is 1. The van der Waals surface area contributed by atoms with Crippen molar-refractivity contribution < 1.29 is 0 Å². The first kappa shape index (κ1) is 21.6. The van der Waals surface area contributed by atoms with Crippen LogP contribution in [-0.4, -0.2) is 17.9 Å². The summed E-state index contributed by atoms with van der Waals surface area (Å²) in [6.07, 6.45) is 11.0. The number of pyridine rings is 1. The monoisotopic (exact) mass is 375 g/mol. The molecule has 3 rings (SSSR count). The number of amidine groups is 1. The van der Waals surface area contributed by atoms with E-state index in [1.54, 1.807) is 0 Å². The molecule has 0 saturated carbocycles. The third-order valence-corrected chi connectivity index (χ3v) is 4.98. The smallest absolute Gasteiger partial charge is 0.107 e. The third-order valence-electron chi connectivity index (χ3n) is 4.98. The van der Waals surface area contributed by atoms with Gasteiger partial charge in [0.15, 0.2) is 0 Å². The minimum absolute atomic E-state index is 0.893. The van der Waals surface area contributed by atoms with Crippen molar-refractivity contribution in [1.29, 1.82) is 0 Å². The number of allylic oxidation sites excluding steroid dienone is 2. The summed E-state index contributed by atoms with van der Waals surface area (Å²) in [7, 11) is 1.86. The lowest BCUT2D eigenvalue weighted by atomic mass is 9.92. The van der Waals surface area contributed by atoms with E-state index >= 15 is 0 Å². The molecule has 28 heavy (non-hydrogen) atoms. The number of nitrogens with zero attached hydrogens (tertiary/aromatic N) is 3. The van der Waals surface area contributed by atoms with Crippen LogP contribution in [0.2, 0.25) is 0 Å². The molecule has 2 aromatic rings. The third kappa shape index (κ3) is 4.24. The van der Waals surface area contributed by atoms with Crippen molar-refractivity contribution in [2.45, 2.75) is 53.9 Å². The van der Waals surface area contributed by atoms with E-state index in [2.05, 4.69) is 72.6 Å². The lowest BCUT2D eigenvalue weighted by Gasteiger charge is -2.34. The molecule has 1 aliphatic rings. The zero-order chi connectivity index (χ0) is 20.7. The fourth-order valence-corrected chi connectivity index (χ4v) is 3.66. The van der Waals surface area contributed by atoms with Crippen LogP contribution in [0.15, 0.2) is 53.9 Å². The average Bonchev–Trinajstić information content (AvgIpc) is 2.73. The Kier molecular flexibility index (Phi) is 7.74. The number of hydrogen-bond donors (Lipinski definition) is 0. The first-order valence-electron chi connectivity index (χ1n) is 10.2. The number of fused-ring (bicyclic) bond motifs is 1. The summed E-state index contributed by atoms with van der Waals surface area (Å²) >= 11 is 0. The van der Waals surface area contributed by atoms with Gasteiger partial charge in [-0.15, -0.1) is 0 Å². The molecular weight excluding hydrogens is 342 g/mol. The first-order chi connectivity index (χ1) is 13.6. The quantitative estimate of drug-likeness (QED) is 0.435. The highest BCUT2D eigenvalue weighted by Gasteiger charge is 2.23. The van der Waals surface area contributed by atoms with E-state index in [-0.39, 0.29) is 0 Å². The Hall–Kier alpha value is -2.68. The molecule has 0 bridgehead atoms. The molecule has 3 heteroatoms. The largest absolute Gasteiger partial charge is 0.303 e. The van der Waals surface area contributed by atoms with Gasteiger partial charge in [-0.2, -0.15) is 0 Å². The molecule has 0 saturated heterocycles. The summed E-state index contributed by atoms with van der Waals surface area (Å²) in [6, 6.07) is 6.70. The van der Waals surface area contributed by atoms with Gasteiger partial charge in [-0.25, -0.2) is 0 Å². The summed E-state index contributed by atoms with van der Waals surface area (Å²) in [5.41, 5.74) is 8.51. The Morgan fingerprint density at radius 2 is 2.00 bits per heavy atom. The average molecular weight is 376 g/mol. The Morgan fingerprint density at radius 3 is 2.64 bits per heavy atom. The summed E-state index contributed by atoms with van der Waals surface area (Å²) in [5.74, 6) is 1.07. The molecule has 3 nitrogen and oxygen atoms in total. The predicted molar refractivity (Wildman–Crippen MR) is 124 cm³/mol. The van der Waals surface area contributed by atoms with Crippen molar-refractivity contribution >= 4 is 17.6 Å². The van der Waals surface area contributed by atoms with Crippen molar-refractivity contribution in [3.8, 4) is 11.1 Å². The number of aryl methyl sites for hydroxylation is 2. The zero-order valence-corrected chi connectivity index (χ0v) is 18.2. The van der Waals surface area contributed by atoms with Gasteiger partial charge in [0.1, 0.15) is 5.84 Å². The summed E-state index contributed by atoms with van der Waals surface area (Å²) < 4.78 is 0. The van der Waals surface area contributed by atoms with Gasteiger partial charge in [-0.1, -0.05) is 45.6 Å². The molecule has 0 N–H and O–H groups in total. The van der Waals surface area contributed by atoms with Gasteiger partial charge >= 0.3 is 0 Å². The summed E-state index contributed by atoms with van der Waals surface area (Å²) in [4.78, 5) is 11.1. The molecule has 1 aromatic carbocycles. The molecule has 0 radical (unpaired) electrons. The molecule has 0 fully saturated rings. The molecule has 1 aromatic heterocycles. The van der Waals surface area contributed by atoms with Gasteiger partial charge in [0, 0.05) is 37.1 Å². The van der Waals surface area contributed by atoms with E-state index in [1.165, 1.54) is 33.5 Å². The fraction of sp³-hybridized carbons (Fsp3) is 0.360. The SMILES string of the molecule is C=C1CCc2cc(-c3cncc(C)c3/C=C\C)ccc2N1C(CC)=NC.CC. The van der Waals surface area contributed by atoms with Crippen LogP contribution >= 0.6 is 0 Å². The second-order valence-electron chi connectivity index (χ2n) is 6.66. The van der Waals surface area contributed by atoms with Gasteiger partial charge in [0.25, 0.3) is 0 Å². The number of anilines is 1. The minimum atomic E-state index is 0.893. The lowest BCUT2D eigenvalue weighted by molar-refractivity contribution is 0.867. The molecular formula is C25H33N3. The van der Waals surface area contributed by atoms with Crippen LogP contribution in [0.25, 0.3) is 17.2 Å². The second kappa shape index (κ2) is 10.0. The highest BCUT2D eigenvalue weighted by Crippen LogP contribution is 2.37. The van der Waals surface area contributed by atoms with Crippen LogP contribution in [0.4, 0.5) is 5.69 Å². The van der Waals surface area contributed by atoms with Crippen LogP contribution in [0.5, 0.6) is 0 Å². The molecule has 0 unspecified atom stereocenters. The number of rotatable bonds is 3. The maximum absolute atomic E-state index is 4.47. The number of hydrogen-bond acceptors (Lipinski definition) is 2. The van der Waals surface area contributed by atoms with Crippen molar-refractivity contribution in [1.82, 2.24) is 4.98 Å². The van der Waals surface area contributed by atoms with E-state index in [9.17, 15) is 0 Å². The Labute approximate surface area is 170 Å². The van der Waals surface area contributed by atoms with Gasteiger partial charge in [-0.05, 0) is 61.1 Å². The highest BCUT2D eigenvalue weighted by atomic mass is 15.2. The maximum Gasteiger partial charge on any atom is 0.107 e. The van der Waals surface area contributed by atoms with Gasteiger partial charge < -0.3 is 4.90 Å². The van der Waals surface area contributed by atoms with Crippen molar-refractivity contribution in [3.05, 3.63) is 65.6 Å². The molecule has 0 amide bonds. The number of benzene rings is 1. The van der Waals surface area contributed by atoms with E-state index in [0.717, 1.165) is 30.8 Å². The van der Waals surface area contributed by atoms with Gasteiger partial charge in [0.05, 0.1) is 5.69 Å². The zero-order valence-electron chi connectivity index (χ0n) is 18.2. The molecule has 1 aliphatic heterocycles. The standard InChI is InChI=1S/C23H27N3.C2H6/c1-6-8-20-16(3)14-25-15-21(20)18-11-12-22-19(13-18)10-9-17(4)26(22)23(7-2)24-5;1-2/h6,8,11-15H,4,7,9-10H2,1-3,5H3;1-2H3/b8-6-,24-23?;. The topological polar surface area (TPSA) is 28.5 Å². The van der Waals surface area contributed by atoms with E-state index < -0.39 is 0 Å². The highest BCUT2D eigenvalue weighted by molar-refractivity contribution is 6.01. The van der Waals surface area contributed by atoms with Crippen LogP contribution in [0.3, 0.4) is 0 Å². The minimum Gasteiger partial charge on any atom is -0.303 e. The van der Waals surface area contributed by atoms with Crippen molar-refractivity contribution in [2.75, 3.05) is 11.9 Å². The maximum atomic E-state index is 4.47. The van der Waals surface area contributed by atoms with Crippen LogP contribution in [0.1, 0.15) is 57.2 Å². The summed E-state index contributed by atoms with van der Waals surface area (Å²) in [5, 5.41) is 0. The van der Waals surface area contributed by atoms with Gasteiger partial charge in [-0.3, -0.25) is 9.98 Å². The molecule has 0 aliphatic carbocycles. The van der Waals surface area contributed by atoms with Crippen LogP contribution < -0.4 is 4.90 Å².